The summed E-state index contributed by atoms with van der Waals surface area (Å²) >= 11 is 0. The fourth-order valence-corrected chi connectivity index (χ4v) is 2.72. The Morgan fingerprint density at radius 1 is 1.32 bits per heavy atom. The third-order valence-corrected chi connectivity index (χ3v) is 3.93. The van der Waals surface area contributed by atoms with E-state index in [1.807, 2.05) is 24.3 Å². The first-order valence-electron chi connectivity index (χ1n) is 7.77. The molecule has 7 heteroatoms. The summed E-state index contributed by atoms with van der Waals surface area (Å²) in [7, 11) is 1.27. The summed E-state index contributed by atoms with van der Waals surface area (Å²) < 4.78 is 10.2. The molecule has 0 saturated heterocycles. The van der Waals surface area contributed by atoms with Crippen molar-refractivity contribution in [3.05, 3.63) is 53.9 Å². The molecule has 3 rings (SSSR count). The highest BCUT2D eigenvalue weighted by Crippen LogP contribution is 2.31. The number of aliphatic hydroxyl groups excluding tert-OH is 1. The number of nitrogens with one attached hydrogen (secondary N) is 1. The van der Waals surface area contributed by atoms with Crippen LogP contribution >= 0.6 is 0 Å². The lowest BCUT2D eigenvalue weighted by Gasteiger charge is -2.15. The zero-order chi connectivity index (χ0) is 17.8. The van der Waals surface area contributed by atoms with Gasteiger partial charge in [-0.25, -0.2) is 4.79 Å². The van der Waals surface area contributed by atoms with Gasteiger partial charge in [0.05, 0.1) is 32.1 Å². The number of nitrogens with zero attached hydrogens (tertiary/aromatic N) is 1. The minimum atomic E-state index is -0.577. The first-order valence-corrected chi connectivity index (χ1v) is 7.77. The molecule has 2 aromatic rings. The molecule has 1 aliphatic heterocycles. The molecule has 0 aliphatic carbocycles. The van der Waals surface area contributed by atoms with E-state index in [9.17, 15) is 9.59 Å². The van der Waals surface area contributed by atoms with Gasteiger partial charge in [0.25, 0.3) is 5.91 Å². The van der Waals surface area contributed by atoms with Crippen LogP contribution in [0, 0.1) is 0 Å². The van der Waals surface area contributed by atoms with Crippen LogP contribution in [0.4, 0.5) is 5.69 Å². The lowest BCUT2D eigenvalue weighted by molar-refractivity contribution is -0.136. The molecule has 25 heavy (non-hydrogen) atoms. The van der Waals surface area contributed by atoms with Crippen LogP contribution in [0.5, 0.6) is 0 Å². The number of aliphatic hydroxyl groups is 1. The number of hydrogen-bond acceptors (Lipinski definition) is 6. The van der Waals surface area contributed by atoms with Gasteiger partial charge >= 0.3 is 5.97 Å². The van der Waals surface area contributed by atoms with Crippen LogP contribution in [0.25, 0.3) is 11.3 Å². The zero-order valence-electron chi connectivity index (χ0n) is 13.7. The van der Waals surface area contributed by atoms with Crippen molar-refractivity contribution in [1.82, 2.24) is 4.90 Å². The Kier molecular flexibility index (Phi) is 4.85. The van der Waals surface area contributed by atoms with Crippen molar-refractivity contribution in [2.45, 2.75) is 0 Å². The van der Waals surface area contributed by atoms with Gasteiger partial charge in [-0.15, -0.1) is 0 Å². The van der Waals surface area contributed by atoms with Crippen LogP contribution in [0.2, 0.25) is 0 Å². The number of anilines is 1. The van der Waals surface area contributed by atoms with Crippen molar-refractivity contribution in [1.29, 1.82) is 0 Å². The molecule has 0 radical (unpaired) electrons. The molecule has 0 bridgehead atoms. The van der Waals surface area contributed by atoms with E-state index in [0.717, 1.165) is 5.56 Å². The summed E-state index contributed by atoms with van der Waals surface area (Å²) in [6, 6.07) is 10.9. The first kappa shape index (κ1) is 16.8. The number of carbonyl (C=O) groups is 2. The van der Waals surface area contributed by atoms with Crippen LogP contribution in [0.3, 0.4) is 0 Å². The maximum Gasteiger partial charge on any atom is 0.337 e. The Morgan fingerprint density at radius 3 is 2.80 bits per heavy atom. The standard InChI is InChI=1S/C18H18N2O5/c1-24-18(23)13-11-20(8-9-21)17(22)16(13)19-14-6-3-2-5-12(14)15-7-4-10-25-15/h2-7,10,19,21H,8-9,11H2,1H3. The lowest BCUT2D eigenvalue weighted by Crippen LogP contribution is -2.31. The number of hydrogen-bond donors (Lipinski definition) is 2. The maximum absolute atomic E-state index is 12.6. The molecule has 2 N–H and O–H groups in total. The van der Waals surface area contributed by atoms with Crippen LogP contribution < -0.4 is 5.32 Å². The van der Waals surface area contributed by atoms with E-state index in [2.05, 4.69) is 5.32 Å². The average molecular weight is 342 g/mol. The monoisotopic (exact) mass is 342 g/mol. The number of esters is 1. The number of methoxy groups -OCH3 is 1. The molecule has 7 nitrogen and oxygen atoms in total. The molecular formula is C18H18N2O5. The second-order valence-corrected chi connectivity index (χ2v) is 5.44. The predicted molar refractivity (Wildman–Crippen MR) is 90.5 cm³/mol. The molecule has 0 fully saturated rings. The summed E-state index contributed by atoms with van der Waals surface area (Å²) in [5.41, 5.74) is 1.78. The molecule has 2 heterocycles. The minimum absolute atomic E-state index is 0.0946. The van der Waals surface area contributed by atoms with Crippen molar-refractivity contribution >= 4 is 17.6 Å². The smallest absolute Gasteiger partial charge is 0.337 e. The van der Waals surface area contributed by atoms with Gasteiger partial charge in [0, 0.05) is 17.8 Å². The topological polar surface area (TPSA) is 92.0 Å². The van der Waals surface area contributed by atoms with Gasteiger partial charge in [-0.1, -0.05) is 12.1 Å². The van der Waals surface area contributed by atoms with Crippen molar-refractivity contribution < 1.29 is 23.8 Å². The van der Waals surface area contributed by atoms with E-state index in [-0.39, 0.29) is 36.9 Å². The van der Waals surface area contributed by atoms with E-state index in [4.69, 9.17) is 14.3 Å². The van der Waals surface area contributed by atoms with Gasteiger partial charge < -0.3 is 24.5 Å². The molecule has 130 valence electrons. The molecule has 0 unspecified atom stereocenters. The van der Waals surface area contributed by atoms with Crippen molar-refractivity contribution in [3.8, 4) is 11.3 Å². The van der Waals surface area contributed by atoms with Gasteiger partial charge in [0.15, 0.2) is 0 Å². The number of amides is 1. The van der Waals surface area contributed by atoms with Gasteiger partial charge in [0.1, 0.15) is 11.5 Å². The van der Waals surface area contributed by atoms with Gasteiger partial charge in [-0.2, -0.15) is 0 Å². The molecule has 1 amide bonds. The van der Waals surface area contributed by atoms with E-state index in [1.165, 1.54) is 12.0 Å². The fraction of sp³-hybridized carbons (Fsp3) is 0.222. The second kappa shape index (κ2) is 7.23. The van der Waals surface area contributed by atoms with Gasteiger partial charge in [-0.05, 0) is 24.3 Å². The summed E-state index contributed by atoms with van der Waals surface area (Å²) in [6.07, 6.45) is 1.56. The van der Waals surface area contributed by atoms with Crippen LogP contribution in [0.15, 0.2) is 58.3 Å². The lowest BCUT2D eigenvalue weighted by atomic mass is 10.1. The van der Waals surface area contributed by atoms with Crippen molar-refractivity contribution in [3.63, 3.8) is 0 Å². The molecule has 0 spiro atoms. The molecule has 0 saturated carbocycles. The Labute approximate surface area is 144 Å². The minimum Gasteiger partial charge on any atom is -0.466 e. The van der Waals surface area contributed by atoms with E-state index in [0.29, 0.717) is 11.4 Å². The number of carbonyl (C=O) groups excluding carboxylic acids is 2. The average Bonchev–Trinajstić information content (AvgIpc) is 3.26. The van der Waals surface area contributed by atoms with Gasteiger partial charge in [-0.3, -0.25) is 4.79 Å². The first-order chi connectivity index (χ1) is 12.2. The number of para-hydroxylation sites is 1. The number of benzene rings is 1. The molecule has 0 atom stereocenters. The number of β-amino-alcohol motifs (C(OH)–C–C–N with tert-alkyl or cyclic N) is 1. The Balaban J connectivity index is 1.97. The number of rotatable bonds is 6. The zero-order valence-corrected chi connectivity index (χ0v) is 13.7. The van der Waals surface area contributed by atoms with E-state index in [1.54, 1.807) is 18.4 Å². The highest BCUT2D eigenvalue weighted by Gasteiger charge is 2.34. The summed E-state index contributed by atoms with van der Waals surface area (Å²) in [5, 5.41) is 12.2. The molecule has 1 aromatic heterocycles. The SMILES string of the molecule is COC(=O)C1=C(Nc2ccccc2-c2ccco2)C(=O)N(CCO)C1. The van der Waals surface area contributed by atoms with E-state index < -0.39 is 5.97 Å². The van der Waals surface area contributed by atoms with Crippen molar-refractivity contribution in [2.75, 3.05) is 32.1 Å². The fourth-order valence-electron chi connectivity index (χ4n) is 2.72. The Bertz CT molecular complexity index is 811. The summed E-state index contributed by atoms with van der Waals surface area (Å²) in [6.45, 7) is 0.0537. The van der Waals surface area contributed by atoms with Crippen LogP contribution in [-0.4, -0.2) is 48.7 Å². The third kappa shape index (κ3) is 3.27. The highest BCUT2D eigenvalue weighted by molar-refractivity contribution is 6.09. The quantitative estimate of drug-likeness (QED) is 0.775. The Hall–Kier alpha value is -3.06. The molecule has 1 aromatic carbocycles. The van der Waals surface area contributed by atoms with Crippen LogP contribution in [0.1, 0.15) is 0 Å². The Morgan fingerprint density at radius 2 is 2.12 bits per heavy atom. The number of ether oxygens (including phenoxy) is 1. The predicted octanol–water partition coefficient (Wildman–Crippen LogP) is 1.62. The third-order valence-electron chi connectivity index (χ3n) is 3.93. The molecular weight excluding hydrogens is 324 g/mol. The van der Waals surface area contributed by atoms with Crippen LogP contribution in [-0.2, 0) is 14.3 Å². The largest absolute Gasteiger partial charge is 0.466 e. The normalized spacial score (nSPS) is 14.2. The second-order valence-electron chi connectivity index (χ2n) is 5.44. The van der Waals surface area contributed by atoms with Gasteiger partial charge in [0.2, 0.25) is 0 Å². The summed E-state index contributed by atoms with van der Waals surface area (Å²) in [4.78, 5) is 26.0. The summed E-state index contributed by atoms with van der Waals surface area (Å²) in [5.74, 6) is -0.295. The highest BCUT2D eigenvalue weighted by atomic mass is 16.5. The number of furan rings is 1. The van der Waals surface area contributed by atoms with Crippen molar-refractivity contribution in [2.24, 2.45) is 0 Å². The maximum atomic E-state index is 12.6. The molecule has 1 aliphatic rings. The van der Waals surface area contributed by atoms with E-state index >= 15 is 0 Å².